The molecule has 3 nitrogen and oxygen atoms in total. The quantitative estimate of drug-likeness (QED) is 0.738. The summed E-state index contributed by atoms with van der Waals surface area (Å²) in [5.41, 5.74) is 3.05. The lowest BCUT2D eigenvalue weighted by Crippen LogP contribution is -2.37. The predicted octanol–water partition coefficient (Wildman–Crippen LogP) is 3.68. The molecule has 0 heterocycles. The number of benzene rings is 2. The minimum atomic E-state index is 0.459. The molecule has 0 aromatic heterocycles. The molecule has 3 N–H and O–H groups in total. The van der Waals surface area contributed by atoms with E-state index in [1.807, 2.05) is 61.5 Å². The topological polar surface area (TPSA) is 36.1 Å². The normalized spacial score (nSPS) is 9.65. The summed E-state index contributed by atoms with van der Waals surface area (Å²) in [5, 5.41) is 9.99. The summed E-state index contributed by atoms with van der Waals surface area (Å²) in [6, 6.07) is 17.7. The molecule has 0 amide bonds. The first-order chi connectivity index (χ1) is 9.63. The third-order valence-electron chi connectivity index (χ3n) is 2.57. The van der Waals surface area contributed by atoms with Crippen LogP contribution in [0.1, 0.15) is 5.56 Å². The molecule has 2 aromatic rings. The molecule has 20 heavy (non-hydrogen) atoms. The molecule has 0 atom stereocenters. The van der Waals surface area contributed by atoms with Crippen molar-refractivity contribution in [3.05, 3.63) is 60.2 Å². The van der Waals surface area contributed by atoms with Gasteiger partial charge >= 0.3 is 0 Å². The van der Waals surface area contributed by atoms with E-state index >= 15 is 0 Å². The Morgan fingerprint density at radius 2 is 1.25 bits per heavy atom. The van der Waals surface area contributed by atoms with Gasteiger partial charge in [0.1, 0.15) is 0 Å². The molecule has 0 aliphatic rings. The predicted molar refractivity (Wildman–Crippen MR) is 93.2 cm³/mol. The molecule has 0 spiro atoms. The summed E-state index contributed by atoms with van der Waals surface area (Å²) in [6.45, 7) is 2.04. The zero-order chi connectivity index (χ0) is 14.4. The highest BCUT2D eigenvalue weighted by molar-refractivity contribution is 7.82. The van der Waals surface area contributed by atoms with Gasteiger partial charge in [0, 0.05) is 11.4 Å². The molecule has 0 aliphatic carbocycles. The van der Waals surface area contributed by atoms with Crippen molar-refractivity contribution in [3.63, 3.8) is 0 Å². The molecule has 2 aromatic carbocycles. The van der Waals surface area contributed by atoms with Gasteiger partial charge in [-0.05, 0) is 55.6 Å². The molecular weight excluding hydrogens is 286 g/mol. The zero-order valence-corrected chi connectivity index (χ0v) is 12.6. The fraction of sp³-hybridized carbons (Fsp3) is 0.0667. The van der Waals surface area contributed by atoms with Crippen molar-refractivity contribution in [1.82, 2.24) is 5.32 Å². The lowest BCUT2D eigenvalue weighted by atomic mass is 10.2. The van der Waals surface area contributed by atoms with Gasteiger partial charge < -0.3 is 16.0 Å². The third-order valence-corrected chi connectivity index (χ3v) is 2.98. The van der Waals surface area contributed by atoms with E-state index in [2.05, 4.69) is 16.0 Å². The zero-order valence-electron chi connectivity index (χ0n) is 11.0. The van der Waals surface area contributed by atoms with Crippen LogP contribution in [-0.2, 0) is 0 Å². The number of para-hydroxylation sites is 1. The molecule has 0 unspecified atom stereocenters. The first-order valence-electron chi connectivity index (χ1n) is 6.14. The Morgan fingerprint density at radius 1 is 0.750 bits per heavy atom. The molecule has 0 aliphatic heterocycles. The van der Waals surface area contributed by atoms with E-state index in [0.29, 0.717) is 10.2 Å². The van der Waals surface area contributed by atoms with Crippen molar-refractivity contribution in [1.29, 1.82) is 0 Å². The van der Waals surface area contributed by atoms with Gasteiger partial charge in [-0.2, -0.15) is 0 Å². The van der Waals surface area contributed by atoms with Crippen LogP contribution in [0.2, 0.25) is 0 Å². The second-order valence-electron chi connectivity index (χ2n) is 4.27. The summed E-state index contributed by atoms with van der Waals surface area (Å²) in [5.74, 6) is 0. The van der Waals surface area contributed by atoms with Crippen molar-refractivity contribution in [2.75, 3.05) is 10.6 Å². The van der Waals surface area contributed by atoms with Gasteiger partial charge in [0.2, 0.25) is 0 Å². The Labute approximate surface area is 129 Å². The van der Waals surface area contributed by atoms with E-state index in [-0.39, 0.29) is 0 Å². The summed E-state index contributed by atoms with van der Waals surface area (Å²) < 4.78 is 0. The van der Waals surface area contributed by atoms with Crippen LogP contribution < -0.4 is 16.0 Å². The largest absolute Gasteiger partial charge is 0.332 e. The number of hydrogen-bond acceptors (Lipinski definition) is 2. The van der Waals surface area contributed by atoms with Crippen molar-refractivity contribution in [2.45, 2.75) is 6.92 Å². The second kappa shape index (κ2) is 6.98. The Kier molecular flexibility index (Phi) is 5.03. The number of thiocarbonyl (C=S) groups is 2. The first kappa shape index (κ1) is 14.4. The van der Waals surface area contributed by atoms with E-state index < -0.39 is 0 Å². The van der Waals surface area contributed by atoms with Gasteiger partial charge in [-0.3, -0.25) is 0 Å². The van der Waals surface area contributed by atoms with Crippen molar-refractivity contribution < 1.29 is 0 Å². The smallest absolute Gasteiger partial charge is 0.177 e. The molecule has 5 heteroatoms. The first-order valence-corrected chi connectivity index (χ1v) is 6.96. The van der Waals surface area contributed by atoms with Gasteiger partial charge in [0.15, 0.2) is 10.2 Å². The van der Waals surface area contributed by atoms with Crippen LogP contribution in [0, 0.1) is 6.92 Å². The SMILES string of the molecule is Cc1ccc(NC(=S)NC(=S)Nc2ccccc2)cc1. The lowest BCUT2D eigenvalue weighted by Gasteiger charge is -2.13. The van der Waals surface area contributed by atoms with Gasteiger partial charge in [-0.1, -0.05) is 35.9 Å². The standard InChI is InChI=1S/C15H15N3S2/c1-11-7-9-13(10-8-11)17-15(20)18-14(19)16-12-5-3-2-4-6-12/h2-10H,1H3,(H3,16,17,18,19,20). The summed E-state index contributed by atoms with van der Waals surface area (Å²) in [7, 11) is 0. The molecular formula is C15H15N3S2. The Morgan fingerprint density at radius 3 is 1.80 bits per heavy atom. The average molecular weight is 301 g/mol. The third kappa shape index (κ3) is 4.60. The van der Waals surface area contributed by atoms with E-state index in [0.717, 1.165) is 11.4 Å². The molecule has 0 fully saturated rings. The highest BCUT2D eigenvalue weighted by atomic mass is 32.1. The number of hydrogen-bond donors (Lipinski definition) is 3. The van der Waals surface area contributed by atoms with Crippen LogP contribution in [0.4, 0.5) is 11.4 Å². The maximum absolute atomic E-state index is 5.21. The van der Waals surface area contributed by atoms with Gasteiger partial charge in [-0.15, -0.1) is 0 Å². The van der Waals surface area contributed by atoms with E-state index in [9.17, 15) is 0 Å². The Bertz CT molecular complexity index is 594. The van der Waals surface area contributed by atoms with E-state index in [4.69, 9.17) is 24.4 Å². The molecule has 0 bridgehead atoms. The Balaban J connectivity index is 1.85. The molecule has 102 valence electrons. The van der Waals surface area contributed by atoms with Crippen molar-refractivity contribution in [3.8, 4) is 0 Å². The fourth-order valence-electron chi connectivity index (χ4n) is 1.59. The summed E-state index contributed by atoms with van der Waals surface area (Å²) in [6.07, 6.45) is 0. The van der Waals surface area contributed by atoms with Crippen LogP contribution in [0.3, 0.4) is 0 Å². The lowest BCUT2D eigenvalue weighted by molar-refractivity contribution is 1.39. The highest BCUT2D eigenvalue weighted by Crippen LogP contribution is 2.08. The average Bonchev–Trinajstić information content (AvgIpc) is 2.42. The molecule has 0 saturated carbocycles. The number of rotatable bonds is 2. The Hall–Kier alpha value is -1.98. The summed E-state index contributed by atoms with van der Waals surface area (Å²) in [4.78, 5) is 0. The highest BCUT2D eigenvalue weighted by Gasteiger charge is 2.01. The number of anilines is 2. The number of nitrogens with one attached hydrogen (secondary N) is 3. The van der Waals surface area contributed by atoms with Crippen LogP contribution in [0.5, 0.6) is 0 Å². The molecule has 0 radical (unpaired) electrons. The summed E-state index contributed by atoms with van der Waals surface area (Å²) >= 11 is 10.4. The van der Waals surface area contributed by atoms with Crippen molar-refractivity contribution in [2.24, 2.45) is 0 Å². The van der Waals surface area contributed by atoms with Crippen LogP contribution in [0.25, 0.3) is 0 Å². The fourth-order valence-corrected chi connectivity index (χ4v) is 2.09. The van der Waals surface area contributed by atoms with Crippen LogP contribution >= 0.6 is 24.4 Å². The van der Waals surface area contributed by atoms with Crippen molar-refractivity contribution >= 4 is 46.0 Å². The molecule has 0 saturated heterocycles. The van der Waals surface area contributed by atoms with E-state index in [1.165, 1.54) is 5.56 Å². The van der Waals surface area contributed by atoms with Crippen LogP contribution in [0.15, 0.2) is 54.6 Å². The minimum absolute atomic E-state index is 0.459. The molecule has 2 rings (SSSR count). The second-order valence-corrected chi connectivity index (χ2v) is 5.08. The monoisotopic (exact) mass is 301 g/mol. The van der Waals surface area contributed by atoms with Gasteiger partial charge in [0.25, 0.3) is 0 Å². The van der Waals surface area contributed by atoms with E-state index in [1.54, 1.807) is 0 Å². The number of aryl methyl sites for hydroxylation is 1. The maximum atomic E-state index is 5.21. The van der Waals surface area contributed by atoms with Gasteiger partial charge in [0.05, 0.1) is 0 Å². The maximum Gasteiger partial charge on any atom is 0.177 e. The minimum Gasteiger partial charge on any atom is -0.332 e. The van der Waals surface area contributed by atoms with Crippen LogP contribution in [-0.4, -0.2) is 10.2 Å². The van der Waals surface area contributed by atoms with Gasteiger partial charge in [-0.25, -0.2) is 0 Å².